The number of hydrogen-bond donors (Lipinski definition) is 1. The summed E-state index contributed by atoms with van der Waals surface area (Å²) in [4.78, 5) is 10.9. The molecule has 2 heterocycles. The molecule has 1 aliphatic heterocycles. The van der Waals surface area contributed by atoms with Crippen LogP contribution < -0.4 is 9.62 Å². The van der Waals surface area contributed by atoms with Gasteiger partial charge in [-0.15, -0.1) is 0 Å². The fourth-order valence-corrected chi connectivity index (χ4v) is 4.42. The number of anilines is 1. The van der Waals surface area contributed by atoms with Crippen LogP contribution in [0.1, 0.15) is 11.1 Å². The molecule has 0 atom stereocenters. The van der Waals surface area contributed by atoms with E-state index in [1.165, 1.54) is 25.5 Å². The van der Waals surface area contributed by atoms with E-state index in [0.29, 0.717) is 41.1 Å². The predicted molar refractivity (Wildman–Crippen MR) is 96.9 cm³/mol. The van der Waals surface area contributed by atoms with Gasteiger partial charge in [-0.1, -0.05) is 12.1 Å². The molecule has 0 saturated carbocycles. The Morgan fingerprint density at radius 1 is 1.19 bits per heavy atom. The largest absolute Gasteiger partial charge is 0.351 e. The summed E-state index contributed by atoms with van der Waals surface area (Å²) in [5.41, 5.74) is 2.42. The first-order valence-corrected chi connectivity index (χ1v) is 9.67. The van der Waals surface area contributed by atoms with E-state index in [4.69, 9.17) is 0 Å². The average molecular weight is 372 g/mol. The van der Waals surface area contributed by atoms with Crippen LogP contribution in [-0.4, -0.2) is 32.0 Å². The maximum Gasteiger partial charge on any atom is 0.240 e. The van der Waals surface area contributed by atoms with Crippen molar-refractivity contribution >= 4 is 26.7 Å². The molecular weight excluding hydrogens is 355 g/mol. The summed E-state index contributed by atoms with van der Waals surface area (Å²) in [7, 11) is -2.10. The van der Waals surface area contributed by atoms with Gasteiger partial charge in [0.05, 0.1) is 10.4 Å². The van der Waals surface area contributed by atoms with E-state index in [0.717, 1.165) is 11.1 Å². The van der Waals surface area contributed by atoms with E-state index >= 15 is 0 Å². The highest BCUT2D eigenvalue weighted by atomic mass is 32.2. The normalized spacial score (nSPS) is 14.5. The van der Waals surface area contributed by atoms with Gasteiger partial charge in [0, 0.05) is 18.5 Å². The maximum atomic E-state index is 13.7. The monoisotopic (exact) mass is 372 g/mol. The molecule has 0 unspecified atom stereocenters. The molecular formula is C18H17FN4O2S. The number of hydrogen-bond acceptors (Lipinski definition) is 5. The number of halogens is 1. The molecule has 1 N–H and O–H groups in total. The van der Waals surface area contributed by atoms with Gasteiger partial charge >= 0.3 is 0 Å². The highest BCUT2D eigenvalue weighted by Crippen LogP contribution is 2.31. The van der Waals surface area contributed by atoms with Gasteiger partial charge in [-0.2, -0.15) is 0 Å². The van der Waals surface area contributed by atoms with E-state index in [1.54, 1.807) is 18.2 Å². The fourth-order valence-electron chi connectivity index (χ4n) is 3.38. The zero-order chi connectivity index (χ0) is 18.3. The Morgan fingerprint density at radius 3 is 2.85 bits per heavy atom. The van der Waals surface area contributed by atoms with Gasteiger partial charge < -0.3 is 4.90 Å². The molecule has 1 aliphatic rings. The third kappa shape index (κ3) is 2.81. The lowest BCUT2D eigenvalue weighted by molar-refractivity contribution is 0.585. The zero-order valence-electron chi connectivity index (χ0n) is 14.1. The minimum atomic E-state index is -3.51. The van der Waals surface area contributed by atoms with E-state index in [1.807, 2.05) is 11.0 Å². The summed E-state index contributed by atoms with van der Waals surface area (Å²) in [6.07, 6.45) is 2.03. The lowest BCUT2D eigenvalue weighted by Crippen LogP contribution is -2.33. The SMILES string of the molecule is CNS(=O)(=O)c1cccc2c1CCN(c1ncnc3ccc(F)cc13)C2. The number of aromatic nitrogens is 2. The van der Waals surface area contributed by atoms with Crippen LogP contribution in [0.15, 0.2) is 47.6 Å². The molecule has 3 aromatic rings. The second-order valence-corrected chi connectivity index (χ2v) is 7.99. The summed E-state index contributed by atoms with van der Waals surface area (Å²) in [5, 5.41) is 0.648. The van der Waals surface area contributed by atoms with Crippen molar-refractivity contribution in [2.75, 3.05) is 18.5 Å². The van der Waals surface area contributed by atoms with Crippen LogP contribution in [0, 0.1) is 5.82 Å². The first kappa shape index (κ1) is 16.9. The van der Waals surface area contributed by atoms with Gasteiger partial charge in [-0.05, 0) is 48.9 Å². The third-order valence-electron chi connectivity index (χ3n) is 4.66. The van der Waals surface area contributed by atoms with Gasteiger partial charge in [0.15, 0.2) is 0 Å². The van der Waals surface area contributed by atoms with Crippen LogP contribution >= 0.6 is 0 Å². The smallest absolute Gasteiger partial charge is 0.240 e. The molecule has 1 aromatic heterocycles. The molecule has 8 heteroatoms. The summed E-state index contributed by atoms with van der Waals surface area (Å²) >= 11 is 0. The van der Waals surface area contributed by atoms with Crippen molar-refractivity contribution in [1.29, 1.82) is 0 Å². The van der Waals surface area contributed by atoms with Gasteiger partial charge in [0.25, 0.3) is 0 Å². The van der Waals surface area contributed by atoms with Crippen molar-refractivity contribution in [3.05, 3.63) is 59.7 Å². The van der Waals surface area contributed by atoms with Crippen molar-refractivity contribution in [3.8, 4) is 0 Å². The molecule has 4 rings (SSSR count). The molecule has 0 spiro atoms. The predicted octanol–water partition coefficient (Wildman–Crippen LogP) is 2.24. The highest BCUT2D eigenvalue weighted by molar-refractivity contribution is 7.89. The molecule has 134 valence electrons. The Hall–Kier alpha value is -2.58. The molecule has 0 radical (unpaired) electrons. The zero-order valence-corrected chi connectivity index (χ0v) is 14.9. The van der Waals surface area contributed by atoms with Crippen LogP contribution in [0.5, 0.6) is 0 Å². The number of sulfonamides is 1. The highest BCUT2D eigenvalue weighted by Gasteiger charge is 2.25. The van der Waals surface area contributed by atoms with Crippen LogP contribution in [0.25, 0.3) is 10.9 Å². The standard InChI is InChI=1S/C18H17FN4O2S/c1-20-26(24,25)17-4-2-3-12-10-23(8-7-14(12)17)18-15-9-13(19)5-6-16(15)21-11-22-18/h2-6,9,11,20H,7-8,10H2,1H3. The first-order valence-electron chi connectivity index (χ1n) is 8.19. The fraction of sp³-hybridized carbons (Fsp3) is 0.222. The number of rotatable bonds is 3. The van der Waals surface area contributed by atoms with Crippen molar-refractivity contribution in [2.45, 2.75) is 17.9 Å². The lowest BCUT2D eigenvalue weighted by Gasteiger charge is -2.31. The second kappa shape index (κ2) is 6.30. The van der Waals surface area contributed by atoms with Crippen LogP contribution in [0.2, 0.25) is 0 Å². The summed E-state index contributed by atoms with van der Waals surface area (Å²) < 4.78 is 40.6. The first-order chi connectivity index (χ1) is 12.5. The molecule has 0 bridgehead atoms. The Morgan fingerprint density at radius 2 is 2.04 bits per heavy atom. The van der Waals surface area contributed by atoms with Crippen molar-refractivity contribution in [3.63, 3.8) is 0 Å². The topological polar surface area (TPSA) is 75.2 Å². The van der Waals surface area contributed by atoms with Gasteiger partial charge in [-0.25, -0.2) is 27.5 Å². The average Bonchev–Trinajstić information content (AvgIpc) is 2.66. The molecule has 26 heavy (non-hydrogen) atoms. The van der Waals surface area contributed by atoms with Crippen LogP contribution in [-0.2, 0) is 23.0 Å². The molecule has 6 nitrogen and oxygen atoms in total. The van der Waals surface area contributed by atoms with Crippen LogP contribution in [0.4, 0.5) is 10.2 Å². The van der Waals surface area contributed by atoms with Gasteiger partial charge in [0.2, 0.25) is 10.0 Å². The Bertz CT molecular complexity index is 1100. The van der Waals surface area contributed by atoms with Crippen LogP contribution in [0.3, 0.4) is 0 Å². The quantitative estimate of drug-likeness (QED) is 0.763. The van der Waals surface area contributed by atoms with E-state index in [2.05, 4.69) is 14.7 Å². The van der Waals surface area contributed by atoms with Gasteiger partial charge in [-0.3, -0.25) is 0 Å². The second-order valence-electron chi connectivity index (χ2n) is 6.13. The Kier molecular flexibility index (Phi) is 4.08. The van der Waals surface area contributed by atoms with Crippen molar-refractivity contribution < 1.29 is 12.8 Å². The molecule has 0 saturated heterocycles. The molecule has 0 amide bonds. The molecule has 0 aliphatic carbocycles. The summed E-state index contributed by atoms with van der Waals surface area (Å²) in [6, 6.07) is 9.72. The third-order valence-corrected chi connectivity index (χ3v) is 6.16. The minimum absolute atomic E-state index is 0.316. The lowest BCUT2D eigenvalue weighted by atomic mass is 9.99. The number of nitrogens with one attached hydrogen (secondary N) is 1. The van der Waals surface area contributed by atoms with Gasteiger partial charge in [0.1, 0.15) is 18.0 Å². The molecule has 0 fully saturated rings. The number of nitrogens with zero attached hydrogens (tertiary/aromatic N) is 3. The minimum Gasteiger partial charge on any atom is -0.351 e. The number of fused-ring (bicyclic) bond motifs is 2. The Balaban J connectivity index is 1.77. The van der Waals surface area contributed by atoms with E-state index < -0.39 is 10.0 Å². The summed E-state index contributed by atoms with van der Waals surface area (Å²) in [5.74, 6) is 0.315. The Labute approximate surface area is 150 Å². The summed E-state index contributed by atoms with van der Waals surface area (Å²) in [6.45, 7) is 1.09. The van der Waals surface area contributed by atoms with Crippen molar-refractivity contribution in [2.24, 2.45) is 0 Å². The molecule has 2 aromatic carbocycles. The maximum absolute atomic E-state index is 13.7. The van der Waals surface area contributed by atoms with Crippen molar-refractivity contribution in [1.82, 2.24) is 14.7 Å². The number of benzene rings is 2. The van der Waals surface area contributed by atoms with E-state index in [-0.39, 0.29) is 5.82 Å². The van der Waals surface area contributed by atoms with E-state index in [9.17, 15) is 12.8 Å².